The number of carbonyl (C=O) groups excluding carboxylic acids is 4. The van der Waals surface area contributed by atoms with E-state index in [1.807, 2.05) is 6.08 Å². The Hall–Kier alpha value is -6.18. The number of phenolic OH excluding ortho intramolecular Hbond substituents is 1. The van der Waals surface area contributed by atoms with Gasteiger partial charge in [-0.1, -0.05) is 23.8 Å². The SMILES string of the molecule is O=C1[C@H]2[C@H](CC=C3[C@H](C4=COc5ccc(O)cc5C4)[C@@H]4C(=O)N(c5cccc([N+](=O)[O-])c5)C(=O)[C@@H]4C[C@H]32)C(=O)N1c1cccc([N+](=O)[O-])c1. The number of allylic oxidation sites excluding steroid dienone is 3. The Balaban J connectivity index is 1.22. The largest absolute Gasteiger partial charge is 0.508 e. The van der Waals surface area contributed by atoms with E-state index in [1.54, 1.807) is 12.1 Å². The Morgan fingerprint density at radius 2 is 1.35 bits per heavy atom. The summed E-state index contributed by atoms with van der Waals surface area (Å²) in [5.41, 5.74) is 1.57. The van der Waals surface area contributed by atoms with Crippen LogP contribution in [0.5, 0.6) is 11.5 Å². The highest BCUT2D eigenvalue weighted by Crippen LogP contribution is 2.58. The van der Waals surface area contributed by atoms with Gasteiger partial charge in [-0.3, -0.25) is 39.4 Å². The van der Waals surface area contributed by atoms with Crippen LogP contribution in [-0.4, -0.2) is 38.6 Å². The number of ether oxygens (including phenoxy) is 1. The van der Waals surface area contributed by atoms with Gasteiger partial charge in [0.25, 0.3) is 11.4 Å². The average molecular weight is 663 g/mol. The summed E-state index contributed by atoms with van der Waals surface area (Å²) in [5.74, 6) is -6.53. The smallest absolute Gasteiger partial charge is 0.271 e. The molecule has 4 amide bonds. The second-order valence-electron chi connectivity index (χ2n) is 12.9. The molecule has 0 unspecified atom stereocenters. The summed E-state index contributed by atoms with van der Waals surface area (Å²) in [5, 5.41) is 33.2. The van der Waals surface area contributed by atoms with E-state index in [0.29, 0.717) is 22.5 Å². The van der Waals surface area contributed by atoms with Gasteiger partial charge in [0.2, 0.25) is 23.6 Å². The fourth-order valence-electron chi connectivity index (χ4n) is 8.41. The number of phenols is 1. The van der Waals surface area contributed by atoms with E-state index in [2.05, 4.69) is 0 Å². The van der Waals surface area contributed by atoms with Gasteiger partial charge in [0, 0.05) is 42.2 Å². The molecule has 3 aromatic rings. The highest BCUT2D eigenvalue weighted by Gasteiger charge is 2.62. The van der Waals surface area contributed by atoms with Gasteiger partial charge in [0.1, 0.15) is 11.5 Å². The van der Waals surface area contributed by atoms with Crippen LogP contribution in [0.2, 0.25) is 0 Å². The zero-order valence-electron chi connectivity index (χ0n) is 25.5. The zero-order valence-corrected chi connectivity index (χ0v) is 25.5. The Morgan fingerprint density at radius 3 is 1.98 bits per heavy atom. The molecule has 14 nitrogen and oxygen atoms in total. The summed E-state index contributed by atoms with van der Waals surface area (Å²) in [6.07, 6.45) is 3.89. The van der Waals surface area contributed by atoms with Crippen molar-refractivity contribution in [3.63, 3.8) is 0 Å². The quantitative estimate of drug-likeness (QED) is 0.175. The van der Waals surface area contributed by atoms with Gasteiger partial charge in [-0.15, -0.1) is 0 Å². The molecule has 3 aromatic carbocycles. The topological polar surface area (TPSA) is 190 Å². The first kappa shape index (κ1) is 30.2. The van der Waals surface area contributed by atoms with Gasteiger partial charge in [-0.05, 0) is 54.7 Å². The monoisotopic (exact) mass is 662 g/mol. The Labute approximate surface area is 277 Å². The Bertz CT molecular complexity index is 2110. The predicted molar refractivity (Wildman–Crippen MR) is 170 cm³/mol. The predicted octanol–water partition coefficient (Wildman–Crippen LogP) is 4.61. The van der Waals surface area contributed by atoms with Gasteiger partial charge < -0.3 is 9.84 Å². The molecule has 2 saturated heterocycles. The van der Waals surface area contributed by atoms with Crippen LogP contribution in [0.15, 0.2) is 90.2 Å². The third-order valence-electron chi connectivity index (χ3n) is 10.4. The highest BCUT2D eigenvalue weighted by molar-refractivity contribution is 6.24. The summed E-state index contributed by atoms with van der Waals surface area (Å²) in [4.78, 5) is 80.3. The van der Waals surface area contributed by atoms with Crippen molar-refractivity contribution in [1.29, 1.82) is 0 Å². The van der Waals surface area contributed by atoms with E-state index in [9.17, 15) is 44.5 Å². The van der Waals surface area contributed by atoms with Gasteiger partial charge in [0.05, 0.1) is 51.2 Å². The summed E-state index contributed by atoms with van der Waals surface area (Å²) in [6, 6.07) is 15.2. The van der Waals surface area contributed by atoms with Crippen LogP contribution < -0.4 is 14.5 Å². The van der Waals surface area contributed by atoms with Crippen molar-refractivity contribution < 1.29 is 38.9 Å². The van der Waals surface area contributed by atoms with E-state index in [-0.39, 0.29) is 47.8 Å². The minimum absolute atomic E-state index is 0.0167. The molecule has 0 aromatic heterocycles. The number of hydrogen-bond acceptors (Lipinski definition) is 10. The number of nitro groups is 2. The summed E-state index contributed by atoms with van der Waals surface area (Å²) >= 11 is 0. The number of rotatable bonds is 5. The summed E-state index contributed by atoms with van der Waals surface area (Å²) in [6.45, 7) is 0. The molecule has 3 aliphatic heterocycles. The maximum Gasteiger partial charge on any atom is 0.271 e. The Kier molecular flexibility index (Phi) is 6.73. The van der Waals surface area contributed by atoms with Gasteiger partial charge in [-0.2, -0.15) is 0 Å². The van der Waals surface area contributed by atoms with Crippen molar-refractivity contribution >= 4 is 46.4 Å². The van der Waals surface area contributed by atoms with E-state index >= 15 is 0 Å². The number of aromatic hydroxyl groups is 1. The first-order valence-corrected chi connectivity index (χ1v) is 15.7. The van der Waals surface area contributed by atoms with E-state index in [1.165, 1.54) is 60.9 Å². The molecule has 14 heteroatoms. The molecule has 0 bridgehead atoms. The van der Waals surface area contributed by atoms with Crippen molar-refractivity contribution in [2.75, 3.05) is 9.80 Å². The van der Waals surface area contributed by atoms with Crippen molar-refractivity contribution in [1.82, 2.24) is 0 Å². The number of non-ortho nitro benzene ring substituents is 2. The maximum atomic E-state index is 14.3. The minimum Gasteiger partial charge on any atom is -0.508 e. The second kappa shape index (κ2) is 10.9. The third-order valence-corrected chi connectivity index (χ3v) is 10.4. The number of benzene rings is 3. The fourth-order valence-corrected chi connectivity index (χ4v) is 8.41. The van der Waals surface area contributed by atoms with Crippen molar-refractivity contribution in [2.45, 2.75) is 19.3 Å². The molecule has 0 spiro atoms. The lowest BCUT2D eigenvalue weighted by atomic mass is 9.56. The van der Waals surface area contributed by atoms with E-state index in [4.69, 9.17) is 4.74 Å². The molecule has 49 heavy (non-hydrogen) atoms. The lowest BCUT2D eigenvalue weighted by Gasteiger charge is -2.45. The molecule has 0 radical (unpaired) electrons. The van der Waals surface area contributed by atoms with Gasteiger partial charge >= 0.3 is 0 Å². The molecule has 1 N–H and O–H groups in total. The first-order valence-electron chi connectivity index (χ1n) is 15.7. The summed E-state index contributed by atoms with van der Waals surface area (Å²) in [7, 11) is 0. The zero-order chi connectivity index (χ0) is 34.3. The standard InChI is InChI=1S/C35H26N4O10/c40-23-7-10-28-17(12-23)11-18(16-49-28)29-24-8-9-25-30(34(43)36(32(25)41)19-3-1-5-21(13-19)38(45)46)26(24)15-27-31(29)35(44)37(33(27)42)20-4-2-6-22(14-20)39(47)48/h1-8,10,12-14,16,25-27,29-31,40H,9,11,15H2/t25-,26+,27+,29-,30-,31+/m0/s1. The third kappa shape index (κ3) is 4.54. The molecule has 2 aliphatic carbocycles. The lowest BCUT2D eigenvalue weighted by Crippen LogP contribution is -2.45. The summed E-state index contributed by atoms with van der Waals surface area (Å²) < 4.78 is 5.95. The first-order chi connectivity index (χ1) is 23.5. The van der Waals surface area contributed by atoms with Crippen LogP contribution in [0.4, 0.5) is 22.7 Å². The molecule has 6 atom stereocenters. The van der Waals surface area contributed by atoms with Crippen LogP contribution in [0.1, 0.15) is 18.4 Å². The van der Waals surface area contributed by atoms with Crippen molar-refractivity contribution in [2.24, 2.45) is 35.5 Å². The maximum absolute atomic E-state index is 14.3. The molecule has 1 saturated carbocycles. The van der Waals surface area contributed by atoms with Crippen molar-refractivity contribution in [3.8, 4) is 11.5 Å². The van der Waals surface area contributed by atoms with Gasteiger partial charge in [-0.25, -0.2) is 9.80 Å². The number of imide groups is 2. The number of fused-ring (bicyclic) bond motifs is 5. The van der Waals surface area contributed by atoms with Crippen LogP contribution in [0, 0.1) is 55.7 Å². The number of amides is 4. The number of nitrogens with zero attached hydrogens (tertiary/aromatic N) is 4. The molecular weight excluding hydrogens is 636 g/mol. The van der Waals surface area contributed by atoms with E-state index in [0.717, 1.165) is 9.80 Å². The van der Waals surface area contributed by atoms with Gasteiger partial charge in [0.15, 0.2) is 0 Å². The number of hydrogen-bond donors (Lipinski definition) is 1. The van der Waals surface area contributed by atoms with Crippen molar-refractivity contribution in [3.05, 3.63) is 116 Å². The van der Waals surface area contributed by atoms with Crippen LogP contribution in [-0.2, 0) is 25.6 Å². The Morgan fingerprint density at radius 1 is 0.735 bits per heavy atom. The average Bonchev–Trinajstić information content (AvgIpc) is 3.50. The number of carbonyl (C=O) groups is 4. The normalized spacial score (nSPS) is 27.0. The molecular formula is C35H26N4O10. The minimum atomic E-state index is -0.932. The second-order valence-corrected chi connectivity index (χ2v) is 12.9. The molecule has 3 fully saturated rings. The molecule has 5 aliphatic rings. The number of anilines is 2. The van der Waals surface area contributed by atoms with Crippen LogP contribution in [0.3, 0.4) is 0 Å². The van der Waals surface area contributed by atoms with E-state index < -0.39 is 69.0 Å². The highest BCUT2D eigenvalue weighted by atomic mass is 16.6. The van der Waals surface area contributed by atoms with Crippen LogP contribution in [0.25, 0.3) is 0 Å². The number of nitro benzene ring substituents is 2. The lowest BCUT2D eigenvalue weighted by molar-refractivity contribution is -0.385. The molecule has 3 heterocycles. The van der Waals surface area contributed by atoms with Crippen LogP contribution >= 0.6 is 0 Å². The fraction of sp³-hybridized carbons (Fsp3) is 0.257. The molecule has 246 valence electrons. The molecule has 8 rings (SSSR count).